The zero-order valence-corrected chi connectivity index (χ0v) is 9.89. The molecule has 88 valence electrons. The predicted octanol–water partition coefficient (Wildman–Crippen LogP) is 2.71. The smallest absolute Gasteiger partial charge is 0.101 e. The highest BCUT2D eigenvalue weighted by molar-refractivity contribution is 5.32. The van der Waals surface area contributed by atoms with Crippen molar-refractivity contribution in [1.82, 2.24) is 4.98 Å². The van der Waals surface area contributed by atoms with Gasteiger partial charge >= 0.3 is 0 Å². The van der Waals surface area contributed by atoms with E-state index in [1.807, 2.05) is 25.3 Å². The molecule has 0 spiro atoms. The molecular weight excluding hydrogens is 212 g/mol. The third kappa shape index (κ3) is 1.76. The Morgan fingerprint density at radius 1 is 1.53 bits per heavy atom. The largest absolute Gasteiger partial charge is 0.469 e. The third-order valence-corrected chi connectivity index (χ3v) is 3.57. The molecule has 0 saturated heterocycles. The molecule has 1 aliphatic rings. The number of nitrogens with two attached hydrogens (primary N) is 1. The molecule has 3 heteroatoms. The van der Waals surface area contributed by atoms with Crippen molar-refractivity contribution < 1.29 is 4.42 Å². The molecule has 0 bridgehead atoms. The molecule has 0 fully saturated rings. The molecular formula is C14H16N2O. The van der Waals surface area contributed by atoms with E-state index in [1.54, 1.807) is 6.26 Å². The summed E-state index contributed by atoms with van der Waals surface area (Å²) >= 11 is 0. The first-order valence-electron chi connectivity index (χ1n) is 6.00. The van der Waals surface area contributed by atoms with Gasteiger partial charge in [-0.15, -0.1) is 0 Å². The summed E-state index contributed by atoms with van der Waals surface area (Å²) in [6.45, 7) is 1.94. The molecule has 0 amide bonds. The number of rotatable bonds is 2. The molecule has 17 heavy (non-hydrogen) atoms. The summed E-state index contributed by atoms with van der Waals surface area (Å²) in [6.07, 6.45) is 5.78. The van der Waals surface area contributed by atoms with Gasteiger partial charge in [0.25, 0.3) is 0 Å². The zero-order valence-electron chi connectivity index (χ0n) is 9.89. The molecule has 3 rings (SSSR count). The van der Waals surface area contributed by atoms with E-state index >= 15 is 0 Å². The number of aromatic nitrogens is 1. The molecule has 0 saturated carbocycles. The molecule has 0 aromatic carbocycles. The Kier molecular flexibility index (Phi) is 2.48. The quantitative estimate of drug-likeness (QED) is 0.859. The van der Waals surface area contributed by atoms with Gasteiger partial charge in [0.15, 0.2) is 0 Å². The molecule has 2 aromatic rings. The van der Waals surface area contributed by atoms with Crippen LogP contribution in [0.15, 0.2) is 35.1 Å². The second-order valence-electron chi connectivity index (χ2n) is 4.71. The van der Waals surface area contributed by atoms with Gasteiger partial charge in [-0.3, -0.25) is 4.98 Å². The van der Waals surface area contributed by atoms with Crippen LogP contribution in [-0.4, -0.2) is 4.98 Å². The molecule has 0 radical (unpaired) electrons. The zero-order chi connectivity index (χ0) is 11.8. The van der Waals surface area contributed by atoms with Crippen LogP contribution in [-0.2, 0) is 6.42 Å². The highest BCUT2D eigenvalue weighted by Crippen LogP contribution is 2.39. The molecule has 2 unspecified atom stereocenters. The van der Waals surface area contributed by atoms with Crippen LogP contribution in [0.3, 0.4) is 0 Å². The van der Waals surface area contributed by atoms with E-state index in [0.29, 0.717) is 5.92 Å². The maximum absolute atomic E-state index is 6.33. The van der Waals surface area contributed by atoms with Crippen LogP contribution < -0.4 is 5.73 Å². The van der Waals surface area contributed by atoms with Crippen LogP contribution >= 0.6 is 0 Å². The minimum Gasteiger partial charge on any atom is -0.469 e. The second-order valence-corrected chi connectivity index (χ2v) is 4.71. The average Bonchev–Trinajstić information content (AvgIpc) is 2.94. The number of fused-ring (bicyclic) bond motifs is 1. The molecule has 2 N–H and O–H groups in total. The lowest BCUT2D eigenvalue weighted by Crippen LogP contribution is -2.18. The van der Waals surface area contributed by atoms with Crippen molar-refractivity contribution in [3.8, 4) is 0 Å². The standard InChI is InChI=1S/C14H16N2O/c1-9-7-11(8-17-9)13(15)12-5-4-10-3-2-6-16-14(10)12/h2-3,6-8,12-13H,4-5,15H2,1H3. The Bertz CT molecular complexity index is 533. The van der Waals surface area contributed by atoms with Crippen LogP contribution in [0.2, 0.25) is 0 Å². The number of hydrogen-bond acceptors (Lipinski definition) is 3. The van der Waals surface area contributed by atoms with Gasteiger partial charge < -0.3 is 10.2 Å². The Hall–Kier alpha value is -1.61. The molecule has 2 atom stereocenters. The van der Waals surface area contributed by atoms with Gasteiger partial charge in [0.1, 0.15) is 5.76 Å². The Morgan fingerprint density at radius 3 is 3.18 bits per heavy atom. The van der Waals surface area contributed by atoms with Gasteiger partial charge in [0.2, 0.25) is 0 Å². The first-order valence-corrected chi connectivity index (χ1v) is 6.00. The van der Waals surface area contributed by atoms with Crippen LogP contribution in [0.1, 0.15) is 41.0 Å². The van der Waals surface area contributed by atoms with Crippen molar-refractivity contribution in [3.05, 3.63) is 53.2 Å². The fraction of sp³-hybridized carbons (Fsp3) is 0.357. The number of aryl methyl sites for hydroxylation is 2. The monoisotopic (exact) mass is 228 g/mol. The number of hydrogen-bond donors (Lipinski definition) is 1. The first-order chi connectivity index (χ1) is 8.25. The summed E-state index contributed by atoms with van der Waals surface area (Å²) < 4.78 is 5.33. The normalized spacial score (nSPS) is 20.2. The van der Waals surface area contributed by atoms with E-state index in [1.165, 1.54) is 11.3 Å². The molecule has 0 aliphatic heterocycles. The third-order valence-electron chi connectivity index (χ3n) is 3.57. The van der Waals surface area contributed by atoms with Gasteiger partial charge in [-0.05, 0) is 37.5 Å². The number of nitrogens with zero attached hydrogens (tertiary/aromatic N) is 1. The van der Waals surface area contributed by atoms with Crippen molar-refractivity contribution in [2.24, 2.45) is 5.73 Å². The predicted molar refractivity (Wildman–Crippen MR) is 65.7 cm³/mol. The van der Waals surface area contributed by atoms with E-state index in [-0.39, 0.29) is 6.04 Å². The minimum absolute atomic E-state index is 0.0106. The fourth-order valence-corrected chi connectivity index (χ4v) is 2.66. The van der Waals surface area contributed by atoms with E-state index in [2.05, 4.69) is 11.1 Å². The summed E-state index contributed by atoms with van der Waals surface area (Å²) in [4.78, 5) is 4.48. The molecule has 3 nitrogen and oxygen atoms in total. The van der Waals surface area contributed by atoms with Gasteiger partial charge in [-0.1, -0.05) is 6.07 Å². The Labute approximate surface area is 101 Å². The Morgan fingerprint density at radius 2 is 2.41 bits per heavy atom. The lowest BCUT2D eigenvalue weighted by molar-refractivity contribution is 0.510. The summed E-state index contributed by atoms with van der Waals surface area (Å²) in [6, 6.07) is 6.15. The summed E-state index contributed by atoms with van der Waals surface area (Å²) in [7, 11) is 0. The maximum atomic E-state index is 6.33. The van der Waals surface area contributed by atoms with Crippen molar-refractivity contribution in [2.45, 2.75) is 31.7 Å². The Balaban J connectivity index is 1.92. The van der Waals surface area contributed by atoms with Gasteiger partial charge in [-0.25, -0.2) is 0 Å². The van der Waals surface area contributed by atoms with E-state index in [9.17, 15) is 0 Å². The van der Waals surface area contributed by atoms with Crippen LogP contribution in [0.5, 0.6) is 0 Å². The van der Waals surface area contributed by atoms with Crippen LogP contribution in [0, 0.1) is 6.92 Å². The number of furan rings is 1. The highest BCUT2D eigenvalue weighted by Gasteiger charge is 2.30. The van der Waals surface area contributed by atoms with E-state index in [0.717, 1.165) is 24.2 Å². The fourth-order valence-electron chi connectivity index (χ4n) is 2.66. The second kappa shape index (κ2) is 4.00. The topological polar surface area (TPSA) is 52.0 Å². The lowest BCUT2D eigenvalue weighted by Gasteiger charge is -2.17. The summed E-state index contributed by atoms with van der Waals surface area (Å²) in [5.74, 6) is 1.23. The van der Waals surface area contributed by atoms with E-state index in [4.69, 9.17) is 10.2 Å². The minimum atomic E-state index is -0.0106. The van der Waals surface area contributed by atoms with Crippen molar-refractivity contribution >= 4 is 0 Å². The van der Waals surface area contributed by atoms with Crippen molar-refractivity contribution in [2.75, 3.05) is 0 Å². The SMILES string of the molecule is Cc1cc(C(N)C2CCc3cccnc32)co1. The van der Waals surface area contributed by atoms with Crippen molar-refractivity contribution in [3.63, 3.8) is 0 Å². The van der Waals surface area contributed by atoms with Crippen molar-refractivity contribution in [1.29, 1.82) is 0 Å². The van der Waals surface area contributed by atoms with Gasteiger partial charge in [0.05, 0.1) is 6.26 Å². The number of pyridine rings is 1. The molecule has 2 heterocycles. The lowest BCUT2D eigenvalue weighted by atomic mass is 9.93. The van der Waals surface area contributed by atoms with Gasteiger partial charge in [-0.2, -0.15) is 0 Å². The maximum Gasteiger partial charge on any atom is 0.101 e. The first kappa shape index (κ1) is 10.5. The molecule has 1 aliphatic carbocycles. The summed E-state index contributed by atoms with van der Waals surface area (Å²) in [5.41, 5.74) is 9.91. The highest BCUT2D eigenvalue weighted by atomic mass is 16.3. The van der Waals surface area contributed by atoms with Crippen LogP contribution in [0.25, 0.3) is 0 Å². The summed E-state index contributed by atoms with van der Waals surface area (Å²) in [5, 5.41) is 0. The molecule has 2 aromatic heterocycles. The van der Waals surface area contributed by atoms with Gasteiger partial charge in [0, 0.05) is 29.4 Å². The van der Waals surface area contributed by atoms with E-state index < -0.39 is 0 Å². The average molecular weight is 228 g/mol. The van der Waals surface area contributed by atoms with Crippen LogP contribution in [0.4, 0.5) is 0 Å².